The van der Waals surface area contributed by atoms with Crippen LogP contribution in [0.5, 0.6) is 0 Å². The van der Waals surface area contributed by atoms with Crippen LogP contribution >= 0.6 is 0 Å². The highest BCUT2D eigenvalue weighted by Crippen LogP contribution is 2.41. The minimum atomic E-state index is -0.155. The summed E-state index contributed by atoms with van der Waals surface area (Å²) < 4.78 is 8.59. The highest BCUT2D eigenvalue weighted by atomic mass is 16.5. The maximum absolute atomic E-state index is 6.24. The van der Waals surface area contributed by atoms with Gasteiger partial charge in [0.2, 0.25) is 0 Å². The van der Waals surface area contributed by atoms with Gasteiger partial charge >= 0.3 is 0 Å². The molecule has 0 radical (unpaired) electrons. The molecular weight excluding hydrogens is 260 g/mol. The molecule has 114 valence electrons. The van der Waals surface area contributed by atoms with Crippen molar-refractivity contribution < 1.29 is 4.74 Å². The van der Waals surface area contributed by atoms with Crippen LogP contribution < -0.4 is 0 Å². The number of fused-ring (bicyclic) bond motifs is 3. The normalized spacial score (nSPS) is 22.0. The number of rotatable bonds is 4. The summed E-state index contributed by atoms with van der Waals surface area (Å²) in [6.07, 6.45) is 3.26. The molecule has 1 aromatic heterocycles. The average Bonchev–Trinajstić information content (AvgIpc) is 2.74. The zero-order valence-electron chi connectivity index (χ0n) is 13.6. The van der Waals surface area contributed by atoms with Gasteiger partial charge in [-0.25, -0.2) is 0 Å². The van der Waals surface area contributed by atoms with Gasteiger partial charge < -0.3 is 14.2 Å². The van der Waals surface area contributed by atoms with Crippen molar-refractivity contribution in [1.82, 2.24) is 9.47 Å². The van der Waals surface area contributed by atoms with E-state index in [1.54, 1.807) is 0 Å². The number of hydrogen-bond donors (Lipinski definition) is 0. The molecular formula is C18H26N2O. The summed E-state index contributed by atoms with van der Waals surface area (Å²) in [6, 6.07) is 8.73. The van der Waals surface area contributed by atoms with Crippen molar-refractivity contribution in [1.29, 1.82) is 0 Å². The Kier molecular flexibility index (Phi) is 3.80. The van der Waals surface area contributed by atoms with Crippen LogP contribution in [-0.4, -0.2) is 36.7 Å². The van der Waals surface area contributed by atoms with Gasteiger partial charge in [-0.1, -0.05) is 18.2 Å². The predicted molar refractivity (Wildman–Crippen MR) is 87.7 cm³/mol. The van der Waals surface area contributed by atoms with Crippen LogP contribution in [0.3, 0.4) is 0 Å². The average molecular weight is 286 g/mol. The van der Waals surface area contributed by atoms with Crippen LogP contribution in [0.4, 0.5) is 0 Å². The zero-order chi connectivity index (χ0) is 15.0. The fourth-order valence-electron chi connectivity index (χ4n) is 3.77. The van der Waals surface area contributed by atoms with E-state index >= 15 is 0 Å². The second-order valence-electron chi connectivity index (χ2n) is 6.64. The number of benzene rings is 1. The van der Waals surface area contributed by atoms with Gasteiger partial charge in [0.15, 0.2) is 0 Å². The number of aryl methyl sites for hydroxylation is 1. The molecule has 0 N–H and O–H groups in total. The third-order valence-electron chi connectivity index (χ3n) is 4.74. The Bertz CT molecular complexity index is 644. The summed E-state index contributed by atoms with van der Waals surface area (Å²) in [6.45, 7) is 4.21. The van der Waals surface area contributed by atoms with E-state index < -0.39 is 0 Å². The standard InChI is InChI=1S/C18H26N2O/c1-18(11-7-12-19(2)3)17-15(10-13-21-18)14-8-5-6-9-16(14)20(17)4/h5-6,8-9H,7,10-13H2,1-4H3. The molecule has 1 unspecified atom stereocenters. The minimum absolute atomic E-state index is 0.155. The van der Waals surface area contributed by atoms with Crippen molar-refractivity contribution in [3.8, 4) is 0 Å². The van der Waals surface area contributed by atoms with Crippen molar-refractivity contribution >= 4 is 10.9 Å². The lowest BCUT2D eigenvalue weighted by molar-refractivity contribution is -0.0588. The molecule has 0 saturated carbocycles. The van der Waals surface area contributed by atoms with Crippen molar-refractivity contribution in [2.45, 2.75) is 31.8 Å². The van der Waals surface area contributed by atoms with Gasteiger partial charge in [-0.2, -0.15) is 0 Å². The monoisotopic (exact) mass is 286 g/mol. The summed E-state index contributed by atoms with van der Waals surface area (Å²) >= 11 is 0. The number of nitrogens with zero attached hydrogens (tertiary/aromatic N) is 2. The molecule has 3 rings (SSSR count). The first-order valence-electron chi connectivity index (χ1n) is 7.88. The maximum atomic E-state index is 6.24. The van der Waals surface area contributed by atoms with Gasteiger partial charge in [-0.3, -0.25) is 0 Å². The van der Waals surface area contributed by atoms with Crippen LogP contribution in [-0.2, 0) is 23.8 Å². The molecule has 0 spiro atoms. The second-order valence-corrected chi connectivity index (χ2v) is 6.64. The lowest BCUT2D eigenvalue weighted by Gasteiger charge is -2.36. The Hall–Kier alpha value is -1.32. The summed E-state index contributed by atoms with van der Waals surface area (Å²) in [4.78, 5) is 2.24. The molecule has 21 heavy (non-hydrogen) atoms. The fourth-order valence-corrected chi connectivity index (χ4v) is 3.77. The van der Waals surface area contributed by atoms with E-state index in [-0.39, 0.29) is 5.60 Å². The molecule has 1 atom stereocenters. The Morgan fingerprint density at radius 2 is 2.05 bits per heavy atom. The highest BCUT2D eigenvalue weighted by Gasteiger charge is 2.36. The number of ether oxygens (including phenoxy) is 1. The third-order valence-corrected chi connectivity index (χ3v) is 4.74. The molecule has 1 aromatic carbocycles. The Balaban J connectivity index is 2.01. The van der Waals surface area contributed by atoms with Crippen molar-refractivity contribution in [2.75, 3.05) is 27.2 Å². The van der Waals surface area contributed by atoms with Crippen molar-refractivity contribution in [2.24, 2.45) is 7.05 Å². The zero-order valence-corrected chi connectivity index (χ0v) is 13.6. The summed E-state index contributed by atoms with van der Waals surface area (Å²) in [7, 11) is 6.44. The van der Waals surface area contributed by atoms with E-state index in [1.807, 2.05) is 0 Å². The second kappa shape index (κ2) is 5.47. The van der Waals surface area contributed by atoms with Gasteiger partial charge in [0.1, 0.15) is 5.60 Å². The molecule has 0 bridgehead atoms. The van der Waals surface area contributed by atoms with Crippen LogP contribution in [0, 0.1) is 0 Å². The molecule has 2 aromatic rings. The first-order chi connectivity index (χ1) is 10.0. The Morgan fingerprint density at radius 1 is 1.29 bits per heavy atom. The summed E-state index contributed by atoms with van der Waals surface area (Å²) in [5, 5.41) is 1.40. The summed E-state index contributed by atoms with van der Waals surface area (Å²) in [5.41, 5.74) is 4.05. The highest BCUT2D eigenvalue weighted by molar-refractivity contribution is 5.86. The predicted octanol–water partition coefficient (Wildman–Crippen LogP) is 3.31. The smallest absolute Gasteiger partial charge is 0.106 e. The molecule has 0 amide bonds. The molecule has 1 aliphatic rings. The van der Waals surface area contributed by atoms with Crippen LogP contribution in [0.15, 0.2) is 24.3 Å². The molecule has 0 aliphatic carbocycles. The fraction of sp³-hybridized carbons (Fsp3) is 0.556. The Morgan fingerprint density at radius 3 is 2.81 bits per heavy atom. The largest absolute Gasteiger partial charge is 0.369 e. The number of para-hydroxylation sites is 1. The molecule has 0 fully saturated rings. The van der Waals surface area contributed by atoms with E-state index in [9.17, 15) is 0 Å². The van der Waals surface area contributed by atoms with Gasteiger partial charge in [0.25, 0.3) is 0 Å². The van der Waals surface area contributed by atoms with Crippen LogP contribution in [0.25, 0.3) is 10.9 Å². The SMILES string of the molecule is CN(C)CCCC1(C)OCCc2c1n(C)c1ccccc21. The van der Waals surface area contributed by atoms with E-state index in [0.29, 0.717) is 0 Å². The van der Waals surface area contributed by atoms with Gasteiger partial charge in [0.05, 0.1) is 12.3 Å². The maximum Gasteiger partial charge on any atom is 0.106 e. The molecule has 3 nitrogen and oxygen atoms in total. The van der Waals surface area contributed by atoms with E-state index in [1.165, 1.54) is 22.2 Å². The lowest BCUT2D eigenvalue weighted by Crippen LogP contribution is -2.35. The lowest BCUT2D eigenvalue weighted by atomic mass is 9.88. The van der Waals surface area contributed by atoms with Gasteiger partial charge in [0, 0.05) is 18.0 Å². The Labute approximate surface area is 127 Å². The van der Waals surface area contributed by atoms with E-state index in [0.717, 1.165) is 32.4 Å². The van der Waals surface area contributed by atoms with Crippen LogP contribution in [0.1, 0.15) is 31.0 Å². The topological polar surface area (TPSA) is 17.4 Å². The van der Waals surface area contributed by atoms with Gasteiger partial charge in [-0.05, 0) is 58.5 Å². The first kappa shape index (κ1) is 14.6. The number of aromatic nitrogens is 1. The number of hydrogen-bond acceptors (Lipinski definition) is 2. The van der Waals surface area contributed by atoms with Crippen molar-refractivity contribution in [3.05, 3.63) is 35.5 Å². The summed E-state index contributed by atoms with van der Waals surface area (Å²) in [5.74, 6) is 0. The minimum Gasteiger partial charge on any atom is -0.369 e. The quantitative estimate of drug-likeness (QED) is 0.858. The van der Waals surface area contributed by atoms with Crippen LogP contribution in [0.2, 0.25) is 0 Å². The van der Waals surface area contributed by atoms with Crippen molar-refractivity contribution in [3.63, 3.8) is 0 Å². The molecule has 3 heteroatoms. The molecule has 1 aliphatic heterocycles. The van der Waals surface area contributed by atoms with E-state index in [2.05, 4.69) is 61.8 Å². The molecule has 0 saturated heterocycles. The van der Waals surface area contributed by atoms with E-state index in [4.69, 9.17) is 4.74 Å². The van der Waals surface area contributed by atoms with Gasteiger partial charge in [-0.15, -0.1) is 0 Å². The molecule has 2 heterocycles. The first-order valence-corrected chi connectivity index (χ1v) is 7.88. The third kappa shape index (κ3) is 2.49.